The van der Waals surface area contributed by atoms with Crippen molar-refractivity contribution < 1.29 is 0 Å². The van der Waals surface area contributed by atoms with Gasteiger partial charge in [-0.15, -0.1) is 0 Å². The number of rotatable bonds is 0. The number of hydrogen-bond acceptors (Lipinski definition) is 2. The van der Waals surface area contributed by atoms with Crippen LogP contribution in [-0.2, 0) is 0 Å². The highest BCUT2D eigenvalue weighted by Gasteiger charge is 1.95. The zero-order valence-electron chi connectivity index (χ0n) is 5.82. The van der Waals surface area contributed by atoms with Gasteiger partial charge in [0, 0.05) is 11.4 Å². The van der Waals surface area contributed by atoms with Crippen molar-refractivity contribution >= 4 is 0 Å². The maximum absolute atomic E-state index is 10.6. The molecule has 0 aliphatic carbocycles. The number of aromatic amines is 2. The van der Waals surface area contributed by atoms with Gasteiger partial charge in [-0.25, -0.2) is 0 Å². The van der Waals surface area contributed by atoms with Gasteiger partial charge in [-0.3, -0.25) is 9.59 Å². The Morgan fingerprint density at radius 3 is 1.50 bits per heavy atom. The lowest BCUT2D eigenvalue weighted by Gasteiger charge is -1.94. The molecular weight excluding hydrogens is 132 g/mol. The highest BCUT2D eigenvalue weighted by molar-refractivity contribution is 5.05. The quantitative estimate of drug-likeness (QED) is 0.485. The van der Waals surface area contributed by atoms with Gasteiger partial charge in [0.25, 0.3) is 0 Å². The van der Waals surface area contributed by atoms with E-state index in [4.69, 9.17) is 0 Å². The Balaban J connectivity index is 3.59. The van der Waals surface area contributed by atoms with Crippen LogP contribution in [0.25, 0.3) is 0 Å². The molecule has 0 atom stereocenters. The standard InChI is InChI=1S/C6H8N2O2/c1-3-4(2)8-6(10)5(9)7-3/h1-2H3,(H,7,9)(H,8,10). The molecule has 1 aromatic heterocycles. The molecule has 2 N–H and O–H groups in total. The Hall–Kier alpha value is -1.32. The summed E-state index contributed by atoms with van der Waals surface area (Å²) in [7, 11) is 0. The van der Waals surface area contributed by atoms with Crippen LogP contribution in [0.2, 0.25) is 0 Å². The zero-order chi connectivity index (χ0) is 7.72. The average molecular weight is 140 g/mol. The number of hydrogen-bond donors (Lipinski definition) is 2. The number of aromatic nitrogens is 2. The maximum atomic E-state index is 10.6. The number of nitrogens with one attached hydrogen (secondary N) is 2. The minimum atomic E-state index is -0.594. The smallest absolute Gasteiger partial charge is 0.313 e. The lowest BCUT2D eigenvalue weighted by Crippen LogP contribution is -2.30. The van der Waals surface area contributed by atoms with Gasteiger partial charge in [-0.1, -0.05) is 0 Å². The topological polar surface area (TPSA) is 65.7 Å². The number of aryl methyl sites for hydroxylation is 2. The molecule has 0 saturated heterocycles. The monoisotopic (exact) mass is 140 g/mol. The van der Waals surface area contributed by atoms with E-state index in [-0.39, 0.29) is 0 Å². The van der Waals surface area contributed by atoms with Gasteiger partial charge in [-0.05, 0) is 13.8 Å². The van der Waals surface area contributed by atoms with E-state index < -0.39 is 11.1 Å². The van der Waals surface area contributed by atoms with E-state index in [9.17, 15) is 9.59 Å². The minimum absolute atomic E-state index is 0.594. The van der Waals surface area contributed by atoms with Crippen LogP contribution in [-0.4, -0.2) is 9.97 Å². The number of H-pyrrole nitrogens is 2. The van der Waals surface area contributed by atoms with Crippen LogP contribution in [0, 0.1) is 13.8 Å². The van der Waals surface area contributed by atoms with Gasteiger partial charge in [-0.2, -0.15) is 0 Å². The second kappa shape index (κ2) is 2.13. The van der Waals surface area contributed by atoms with E-state index >= 15 is 0 Å². The first-order chi connectivity index (χ1) is 4.61. The van der Waals surface area contributed by atoms with Crippen LogP contribution in [0.4, 0.5) is 0 Å². The molecule has 0 fully saturated rings. The van der Waals surface area contributed by atoms with Crippen molar-refractivity contribution in [1.82, 2.24) is 9.97 Å². The molecule has 0 spiro atoms. The van der Waals surface area contributed by atoms with Crippen LogP contribution in [0.5, 0.6) is 0 Å². The summed E-state index contributed by atoms with van der Waals surface area (Å²) in [4.78, 5) is 26.0. The summed E-state index contributed by atoms with van der Waals surface area (Å²) in [5, 5.41) is 0. The first kappa shape index (κ1) is 6.80. The van der Waals surface area contributed by atoms with Crippen LogP contribution >= 0.6 is 0 Å². The van der Waals surface area contributed by atoms with Gasteiger partial charge in [0.1, 0.15) is 0 Å². The largest absolute Gasteiger partial charge is 0.320 e. The Bertz CT molecular complexity index is 313. The highest BCUT2D eigenvalue weighted by atomic mass is 16.2. The minimum Gasteiger partial charge on any atom is -0.320 e. The zero-order valence-corrected chi connectivity index (χ0v) is 5.82. The van der Waals surface area contributed by atoms with Crippen molar-refractivity contribution in [3.05, 3.63) is 32.1 Å². The maximum Gasteiger partial charge on any atom is 0.313 e. The van der Waals surface area contributed by atoms with Crippen molar-refractivity contribution in [3.8, 4) is 0 Å². The van der Waals surface area contributed by atoms with E-state index in [1.165, 1.54) is 0 Å². The molecule has 4 nitrogen and oxygen atoms in total. The van der Waals surface area contributed by atoms with Crippen LogP contribution < -0.4 is 11.1 Å². The fourth-order valence-corrected chi connectivity index (χ4v) is 0.642. The third-order valence-electron chi connectivity index (χ3n) is 1.37. The molecule has 0 amide bonds. The molecular formula is C6H8N2O2. The molecule has 4 heteroatoms. The summed E-state index contributed by atoms with van der Waals surface area (Å²) in [6.45, 7) is 3.46. The van der Waals surface area contributed by atoms with Gasteiger partial charge in [0.05, 0.1) is 0 Å². The first-order valence-electron chi connectivity index (χ1n) is 2.91. The van der Waals surface area contributed by atoms with Crippen molar-refractivity contribution in [2.45, 2.75) is 13.8 Å². The molecule has 0 aliphatic rings. The third kappa shape index (κ3) is 1.00. The molecule has 0 bridgehead atoms. The molecule has 0 radical (unpaired) electrons. The molecule has 54 valence electrons. The fraction of sp³-hybridized carbons (Fsp3) is 0.333. The van der Waals surface area contributed by atoms with E-state index in [0.29, 0.717) is 11.4 Å². The van der Waals surface area contributed by atoms with Crippen molar-refractivity contribution in [2.24, 2.45) is 0 Å². The molecule has 0 aliphatic heterocycles. The summed E-state index contributed by atoms with van der Waals surface area (Å²) in [5.74, 6) is 0. The van der Waals surface area contributed by atoms with E-state index in [1.54, 1.807) is 13.8 Å². The Morgan fingerprint density at radius 1 is 0.900 bits per heavy atom. The predicted molar refractivity (Wildman–Crippen MR) is 37.2 cm³/mol. The van der Waals surface area contributed by atoms with Gasteiger partial charge in [0.15, 0.2) is 0 Å². The van der Waals surface area contributed by atoms with Crippen LogP contribution in [0.1, 0.15) is 11.4 Å². The first-order valence-corrected chi connectivity index (χ1v) is 2.91. The second-order valence-corrected chi connectivity index (χ2v) is 2.16. The summed E-state index contributed by atoms with van der Waals surface area (Å²) < 4.78 is 0. The molecule has 1 rings (SSSR count). The van der Waals surface area contributed by atoms with Gasteiger partial charge < -0.3 is 9.97 Å². The molecule has 0 unspecified atom stereocenters. The van der Waals surface area contributed by atoms with Gasteiger partial charge >= 0.3 is 11.1 Å². The summed E-state index contributed by atoms with van der Waals surface area (Å²) in [6.07, 6.45) is 0. The average Bonchev–Trinajstić information content (AvgIpc) is 1.84. The van der Waals surface area contributed by atoms with Crippen LogP contribution in [0.15, 0.2) is 9.59 Å². The molecule has 0 aromatic carbocycles. The van der Waals surface area contributed by atoms with Gasteiger partial charge in [0.2, 0.25) is 0 Å². The Morgan fingerprint density at radius 2 is 1.20 bits per heavy atom. The third-order valence-corrected chi connectivity index (χ3v) is 1.37. The lowest BCUT2D eigenvalue weighted by atomic mass is 10.4. The summed E-state index contributed by atoms with van der Waals surface area (Å²) in [5.41, 5.74) is 0.209. The van der Waals surface area contributed by atoms with Crippen molar-refractivity contribution in [1.29, 1.82) is 0 Å². The SMILES string of the molecule is Cc1[nH]c(=O)c(=O)[nH]c1C. The van der Waals surface area contributed by atoms with E-state index in [2.05, 4.69) is 9.97 Å². The molecule has 0 saturated carbocycles. The molecule has 1 aromatic rings. The molecule has 10 heavy (non-hydrogen) atoms. The lowest BCUT2D eigenvalue weighted by molar-refractivity contribution is 0.972. The van der Waals surface area contributed by atoms with Crippen LogP contribution in [0.3, 0.4) is 0 Å². The Labute approximate surface area is 56.9 Å². The molecule has 1 heterocycles. The summed E-state index contributed by atoms with van der Waals surface area (Å²) in [6, 6.07) is 0. The Kier molecular flexibility index (Phi) is 1.45. The normalized spacial score (nSPS) is 9.80. The van der Waals surface area contributed by atoms with Crippen molar-refractivity contribution in [2.75, 3.05) is 0 Å². The van der Waals surface area contributed by atoms with E-state index in [0.717, 1.165) is 0 Å². The summed E-state index contributed by atoms with van der Waals surface area (Å²) >= 11 is 0. The van der Waals surface area contributed by atoms with E-state index in [1.807, 2.05) is 0 Å². The second-order valence-electron chi connectivity index (χ2n) is 2.16. The fourth-order valence-electron chi connectivity index (χ4n) is 0.642. The highest BCUT2D eigenvalue weighted by Crippen LogP contribution is 1.89. The van der Waals surface area contributed by atoms with Crippen molar-refractivity contribution in [3.63, 3.8) is 0 Å². The predicted octanol–water partition coefficient (Wildman–Crippen LogP) is -0.320.